The highest BCUT2D eigenvalue weighted by Crippen LogP contribution is 2.26. The number of likely N-dealkylation sites (tertiary alicyclic amines) is 1. The molecule has 1 amide bonds. The van der Waals surface area contributed by atoms with Gasteiger partial charge in [-0.15, -0.1) is 0 Å². The first-order valence-corrected chi connectivity index (χ1v) is 8.02. The van der Waals surface area contributed by atoms with E-state index < -0.39 is 0 Å². The first-order valence-electron chi connectivity index (χ1n) is 8.02. The Hall–Kier alpha value is -1.55. The van der Waals surface area contributed by atoms with Crippen molar-refractivity contribution in [3.63, 3.8) is 0 Å². The number of para-hydroxylation sites is 1. The van der Waals surface area contributed by atoms with Gasteiger partial charge in [0.1, 0.15) is 6.04 Å². The van der Waals surface area contributed by atoms with Crippen LogP contribution in [0.4, 0.5) is 5.69 Å². The predicted molar refractivity (Wildman–Crippen MR) is 85.5 cm³/mol. The molecule has 1 aromatic rings. The number of fused-ring (bicyclic) bond motifs is 1. The van der Waals surface area contributed by atoms with Crippen molar-refractivity contribution in [1.29, 1.82) is 0 Å². The lowest BCUT2D eigenvalue weighted by Gasteiger charge is -2.29. The number of rotatable bonds is 4. The van der Waals surface area contributed by atoms with Crippen LogP contribution in [0.15, 0.2) is 24.3 Å². The highest BCUT2D eigenvalue weighted by molar-refractivity contribution is 5.87. The molecule has 4 heteroatoms. The van der Waals surface area contributed by atoms with Gasteiger partial charge in [0.2, 0.25) is 5.91 Å². The van der Waals surface area contributed by atoms with Gasteiger partial charge in [-0.25, -0.2) is 0 Å². The molecule has 1 aromatic carbocycles. The van der Waals surface area contributed by atoms with Gasteiger partial charge in [-0.1, -0.05) is 25.1 Å². The van der Waals surface area contributed by atoms with Crippen LogP contribution in [-0.4, -0.2) is 54.5 Å². The maximum Gasteiger partial charge on any atom is 0.245 e. The number of nitrogens with zero attached hydrogens (tertiary/aromatic N) is 2. The fourth-order valence-electron chi connectivity index (χ4n) is 3.64. The molecule has 0 aromatic heterocycles. The summed E-state index contributed by atoms with van der Waals surface area (Å²) in [6.07, 6.45) is 3.28. The van der Waals surface area contributed by atoms with E-state index in [1.54, 1.807) is 0 Å². The van der Waals surface area contributed by atoms with Crippen LogP contribution in [0.25, 0.3) is 0 Å². The summed E-state index contributed by atoms with van der Waals surface area (Å²) in [4.78, 5) is 17.0. The molecule has 0 aliphatic carbocycles. The summed E-state index contributed by atoms with van der Waals surface area (Å²) < 4.78 is 0. The van der Waals surface area contributed by atoms with Crippen LogP contribution < -0.4 is 5.32 Å². The van der Waals surface area contributed by atoms with Crippen molar-refractivity contribution in [3.8, 4) is 0 Å². The summed E-state index contributed by atoms with van der Waals surface area (Å²) in [5.41, 5.74) is 2.36. The number of carbonyl (C=O) groups excluding carboxylic acids is 1. The topological polar surface area (TPSA) is 35.6 Å². The van der Waals surface area contributed by atoms with Gasteiger partial charge in [-0.2, -0.15) is 0 Å². The quantitative estimate of drug-likeness (QED) is 0.919. The Kier molecular flexibility index (Phi) is 4.15. The number of nitrogens with one attached hydrogen (secondary N) is 1. The van der Waals surface area contributed by atoms with Crippen molar-refractivity contribution >= 4 is 11.6 Å². The fraction of sp³-hybridized carbons (Fsp3) is 0.588. The van der Waals surface area contributed by atoms with Crippen LogP contribution in [0, 0.1) is 0 Å². The number of benzene rings is 1. The molecule has 21 heavy (non-hydrogen) atoms. The summed E-state index contributed by atoms with van der Waals surface area (Å²) >= 11 is 0. The van der Waals surface area contributed by atoms with E-state index in [1.165, 1.54) is 24.9 Å². The lowest BCUT2D eigenvalue weighted by atomic mass is 10.1. The monoisotopic (exact) mass is 287 g/mol. The summed E-state index contributed by atoms with van der Waals surface area (Å²) in [7, 11) is 1.94. The van der Waals surface area contributed by atoms with E-state index in [9.17, 15) is 4.79 Å². The van der Waals surface area contributed by atoms with Crippen LogP contribution in [-0.2, 0) is 11.2 Å². The molecule has 114 valence electrons. The van der Waals surface area contributed by atoms with E-state index in [2.05, 4.69) is 29.3 Å². The molecule has 2 aliphatic rings. The maximum absolute atomic E-state index is 12.6. The zero-order valence-corrected chi connectivity index (χ0v) is 13.0. The molecule has 1 saturated heterocycles. The fourth-order valence-corrected chi connectivity index (χ4v) is 3.64. The van der Waals surface area contributed by atoms with Crippen molar-refractivity contribution < 1.29 is 4.79 Å². The van der Waals surface area contributed by atoms with Crippen LogP contribution >= 0.6 is 0 Å². The van der Waals surface area contributed by atoms with Gasteiger partial charge in [0.05, 0.1) is 0 Å². The Morgan fingerprint density at radius 2 is 2.24 bits per heavy atom. The third-order valence-corrected chi connectivity index (χ3v) is 4.84. The minimum Gasteiger partial charge on any atom is -0.373 e. The Bertz CT molecular complexity index is 492. The second-order valence-corrected chi connectivity index (χ2v) is 6.20. The molecule has 2 aliphatic heterocycles. The molecule has 0 saturated carbocycles. The molecule has 2 atom stereocenters. The van der Waals surface area contributed by atoms with Gasteiger partial charge in [0.15, 0.2) is 0 Å². The van der Waals surface area contributed by atoms with Gasteiger partial charge < -0.3 is 10.2 Å². The third kappa shape index (κ3) is 2.91. The number of hydrogen-bond donors (Lipinski definition) is 1. The van der Waals surface area contributed by atoms with Crippen molar-refractivity contribution in [2.24, 2.45) is 0 Å². The standard InChI is InChI=1S/C17H25N3O/c1-3-20-10-6-8-14(20)12-19(2)17(21)16-11-13-7-4-5-9-15(13)18-16/h4-5,7,9,14,16,18H,3,6,8,10-12H2,1-2H3/t14?,16-/m0/s1. The van der Waals surface area contributed by atoms with E-state index >= 15 is 0 Å². The van der Waals surface area contributed by atoms with Gasteiger partial charge in [-0.3, -0.25) is 9.69 Å². The zero-order chi connectivity index (χ0) is 14.8. The molecular formula is C17H25N3O. The molecule has 1 N–H and O–H groups in total. The Balaban J connectivity index is 1.59. The first kappa shape index (κ1) is 14.4. The average molecular weight is 287 g/mol. The molecule has 1 unspecified atom stereocenters. The molecule has 3 rings (SSSR count). The number of likely N-dealkylation sites (N-methyl/N-ethyl adjacent to an activating group) is 2. The van der Waals surface area contributed by atoms with Gasteiger partial charge in [-0.05, 0) is 37.6 Å². The van der Waals surface area contributed by atoms with Gasteiger partial charge in [0, 0.05) is 31.7 Å². The highest BCUT2D eigenvalue weighted by Gasteiger charge is 2.31. The van der Waals surface area contributed by atoms with Crippen LogP contribution in [0.3, 0.4) is 0 Å². The SMILES string of the molecule is CCN1CCCC1CN(C)C(=O)[C@@H]1Cc2ccccc2N1. The van der Waals surface area contributed by atoms with E-state index in [0.29, 0.717) is 6.04 Å². The van der Waals surface area contributed by atoms with Gasteiger partial charge >= 0.3 is 0 Å². The Labute approximate surface area is 127 Å². The third-order valence-electron chi connectivity index (χ3n) is 4.84. The second kappa shape index (κ2) is 6.06. The minimum atomic E-state index is -0.0936. The zero-order valence-electron chi connectivity index (χ0n) is 13.0. The van der Waals surface area contributed by atoms with Gasteiger partial charge in [0.25, 0.3) is 0 Å². The van der Waals surface area contributed by atoms with E-state index in [1.807, 2.05) is 24.1 Å². The molecule has 0 spiro atoms. The number of carbonyl (C=O) groups is 1. The van der Waals surface area contributed by atoms with E-state index in [0.717, 1.165) is 25.2 Å². The van der Waals surface area contributed by atoms with Crippen molar-refractivity contribution in [2.75, 3.05) is 32.0 Å². The van der Waals surface area contributed by atoms with Crippen molar-refractivity contribution in [1.82, 2.24) is 9.80 Å². The van der Waals surface area contributed by atoms with Crippen LogP contribution in [0.1, 0.15) is 25.3 Å². The predicted octanol–water partition coefficient (Wildman–Crippen LogP) is 1.97. The molecular weight excluding hydrogens is 262 g/mol. The minimum absolute atomic E-state index is 0.0936. The molecule has 0 radical (unpaired) electrons. The summed E-state index contributed by atoms with van der Waals surface area (Å²) in [6, 6.07) is 8.65. The van der Waals surface area contributed by atoms with Crippen LogP contribution in [0.2, 0.25) is 0 Å². The maximum atomic E-state index is 12.6. The Morgan fingerprint density at radius 3 is 3.00 bits per heavy atom. The smallest absolute Gasteiger partial charge is 0.245 e. The lowest BCUT2D eigenvalue weighted by molar-refractivity contribution is -0.131. The number of anilines is 1. The first-order chi connectivity index (χ1) is 10.2. The molecule has 4 nitrogen and oxygen atoms in total. The second-order valence-electron chi connectivity index (χ2n) is 6.20. The largest absolute Gasteiger partial charge is 0.373 e. The average Bonchev–Trinajstić information content (AvgIpc) is 3.11. The van der Waals surface area contributed by atoms with Crippen molar-refractivity contribution in [2.45, 2.75) is 38.3 Å². The molecule has 2 heterocycles. The summed E-state index contributed by atoms with van der Waals surface area (Å²) in [6.45, 7) is 5.31. The number of hydrogen-bond acceptors (Lipinski definition) is 3. The normalized spacial score (nSPS) is 24.7. The summed E-state index contributed by atoms with van der Waals surface area (Å²) in [5, 5.41) is 3.36. The van der Waals surface area contributed by atoms with Crippen molar-refractivity contribution in [3.05, 3.63) is 29.8 Å². The van der Waals surface area contributed by atoms with E-state index in [4.69, 9.17) is 0 Å². The van der Waals surface area contributed by atoms with Crippen LogP contribution in [0.5, 0.6) is 0 Å². The van der Waals surface area contributed by atoms with E-state index in [-0.39, 0.29) is 11.9 Å². The number of amides is 1. The Morgan fingerprint density at radius 1 is 1.43 bits per heavy atom. The summed E-state index contributed by atoms with van der Waals surface area (Å²) in [5.74, 6) is 0.217. The molecule has 0 bridgehead atoms. The lowest BCUT2D eigenvalue weighted by Crippen LogP contribution is -2.46. The molecule has 1 fully saturated rings. The highest BCUT2D eigenvalue weighted by atomic mass is 16.2.